The number of ether oxygens (including phenoxy) is 2. The SMILES string of the molecule is CCC1CNCc2cc3c(cc21)OCCO3. The highest BCUT2D eigenvalue weighted by molar-refractivity contribution is 5.50. The van der Waals surface area contributed by atoms with Gasteiger partial charge in [-0.25, -0.2) is 0 Å². The van der Waals surface area contributed by atoms with E-state index in [1.165, 1.54) is 17.5 Å². The first-order chi connectivity index (χ1) is 7.88. The largest absolute Gasteiger partial charge is 0.486 e. The second-order valence-corrected chi connectivity index (χ2v) is 4.43. The number of rotatable bonds is 1. The summed E-state index contributed by atoms with van der Waals surface area (Å²) in [6.45, 7) is 5.58. The molecule has 1 aromatic carbocycles. The minimum Gasteiger partial charge on any atom is -0.486 e. The topological polar surface area (TPSA) is 30.5 Å². The molecule has 0 fully saturated rings. The molecule has 1 aromatic rings. The lowest BCUT2D eigenvalue weighted by atomic mass is 9.88. The Bertz CT molecular complexity index is 403. The van der Waals surface area contributed by atoms with E-state index in [1.54, 1.807) is 0 Å². The van der Waals surface area contributed by atoms with Gasteiger partial charge in [0.05, 0.1) is 0 Å². The van der Waals surface area contributed by atoms with Crippen molar-refractivity contribution in [3.05, 3.63) is 23.3 Å². The molecule has 0 saturated carbocycles. The lowest BCUT2D eigenvalue weighted by molar-refractivity contribution is 0.171. The maximum absolute atomic E-state index is 5.64. The average Bonchev–Trinajstić information content (AvgIpc) is 2.35. The molecule has 1 atom stereocenters. The van der Waals surface area contributed by atoms with Crippen molar-refractivity contribution in [2.24, 2.45) is 0 Å². The summed E-state index contributed by atoms with van der Waals surface area (Å²) in [5.74, 6) is 2.44. The molecule has 0 bridgehead atoms. The molecule has 1 N–H and O–H groups in total. The van der Waals surface area contributed by atoms with E-state index in [1.807, 2.05) is 0 Å². The first-order valence-corrected chi connectivity index (χ1v) is 6.01. The number of fused-ring (bicyclic) bond motifs is 2. The van der Waals surface area contributed by atoms with Gasteiger partial charge in [0.2, 0.25) is 0 Å². The zero-order chi connectivity index (χ0) is 11.0. The summed E-state index contributed by atoms with van der Waals surface area (Å²) in [6, 6.07) is 4.32. The summed E-state index contributed by atoms with van der Waals surface area (Å²) in [4.78, 5) is 0. The molecule has 0 saturated heterocycles. The van der Waals surface area contributed by atoms with Crippen LogP contribution in [0, 0.1) is 0 Å². The Hall–Kier alpha value is -1.22. The van der Waals surface area contributed by atoms with E-state index >= 15 is 0 Å². The Morgan fingerprint density at radius 2 is 2.00 bits per heavy atom. The fraction of sp³-hybridized carbons (Fsp3) is 0.538. The van der Waals surface area contributed by atoms with Crippen LogP contribution in [0.1, 0.15) is 30.4 Å². The Morgan fingerprint density at radius 3 is 2.75 bits per heavy atom. The summed E-state index contributed by atoms with van der Waals surface area (Å²) in [5.41, 5.74) is 2.80. The molecule has 0 spiro atoms. The minimum atomic E-state index is 0.611. The molecule has 0 radical (unpaired) electrons. The average molecular weight is 219 g/mol. The molecule has 2 aliphatic rings. The van der Waals surface area contributed by atoms with E-state index in [0.717, 1.165) is 24.6 Å². The lowest BCUT2D eigenvalue weighted by Crippen LogP contribution is -2.28. The number of nitrogens with one attached hydrogen (secondary N) is 1. The van der Waals surface area contributed by atoms with E-state index in [4.69, 9.17) is 9.47 Å². The van der Waals surface area contributed by atoms with Crippen LogP contribution in [-0.4, -0.2) is 19.8 Å². The summed E-state index contributed by atoms with van der Waals surface area (Å²) in [6.07, 6.45) is 1.17. The summed E-state index contributed by atoms with van der Waals surface area (Å²) >= 11 is 0. The predicted octanol–water partition coefficient (Wildman–Crippen LogP) is 2.05. The first-order valence-electron chi connectivity index (χ1n) is 6.01. The van der Waals surface area contributed by atoms with Crippen LogP contribution >= 0.6 is 0 Å². The van der Waals surface area contributed by atoms with Gasteiger partial charge < -0.3 is 14.8 Å². The van der Waals surface area contributed by atoms with Gasteiger partial charge in [-0.2, -0.15) is 0 Å². The van der Waals surface area contributed by atoms with Crippen LogP contribution < -0.4 is 14.8 Å². The third-order valence-electron chi connectivity index (χ3n) is 3.44. The molecule has 0 amide bonds. The van der Waals surface area contributed by atoms with Crippen LogP contribution in [-0.2, 0) is 6.54 Å². The van der Waals surface area contributed by atoms with Crippen LogP contribution in [0.5, 0.6) is 11.5 Å². The molecule has 1 unspecified atom stereocenters. The van der Waals surface area contributed by atoms with Crippen molar-refractivity contribution in [1.82, 2.24) is 5.32 Å². The Labute approximate surface area is 95.8 Å². The van der Waals surface area contributed by atoms with Crippen LogP contribution in [0.15, 0.2) is 12.1 Å². The number of benzene rings is 1. The number of hydrogen-bond donors (Lipinski definition) is 1. The second kappa shape index (κ2) is 3.98. The second-order valence-electron chi connectivity index (χ2n) is 4.43. The summed E-state index contributed by atoms with van der Waals surface area (Å²) in [7, 11) is 0. The zero-order valence-electron chi connectivity index (χ0n) is 9.58. The highest BCUT2D eigenvalue weighted by Gasteiger charge is 2.22. The monoisotopic (exact) mass is 219 g/mol. The van der Waals surface area contributed by atoms with Gasteiger partial charge in [-0.05, 0) is 35.6 Å². The fourth-order valence-electron chi connectivity index (χ4n) is 2.54. The first kappa shape index (κ1) is 9.97. The maximum atomic E-state index is 5.64. The third-order valence-corrected chi connectivity index (χ3v) is 3.44. The van der Waals surface area contributed by atoms with Gasteiger partial charge in [0.15, 0.2) is 11.5 Å². The van der Waals surface area contributed by atoms with Gasteiger partial charge in [-0.1, -0.05) is 6.92 Å². The molecule has 2 aliphatic heterocycles. The van der Waals surface area contributed by atoms with Crippen molar-refractivity contribution in [3.8, 4) is 11.5 Å². The van der Waals surface area contributed by atoms with E-state index in [0.29, 0.717) is 19.1 Å². The van der Waals surface area contributed by atoms with Crippen molar-refractivity contribution in [3.63, 3.8) is 0 Å². The standard InChI is InChI=1S/C13H17NO2/c1-2-9-7-14-8-10-5-12-13(6-11(9)10)16-4-3-15-12/h5-6,9,14H,2-4,7-8H2,1H3. The van der Waals surface area contributed by atoms with Gasteiger partial charge >= 0.3 is 0 Å². The highest BCUT2D eigenvalue weighted by atomic mass is 16.6. The molecule has 3 rings (SSSR count). The highest BCUT2D eigenvalue weighted by Crippen LogP contribution is 2.37. The van der Waals surface area contributed by atoms with Crippen LogP contribution in [0.2, 0.25) is 0 Å². The van der Waals surface area contributed by atoms with E-state index < -0.39 is 0 Å². The molecule has 16 heavy (non-hydrogen) atoms. The van der Waals surface area contributed by atoms with E-state index in [2.05, 4.69) is 24.4 Å². The van der Waals surface area contributed by atoms with Crippen LogP contribution in [0.25, 0.3) is 0 Å². The molecule has 0 aromatic heterocycles. The summed E-state index contributed by atoms with van der Waals surface area (Å²) < 4.78 is 11.2. The van der Waals surface area contributed by atoms with E-state index in [9.17, 15) is 0 Å². The van der Waals surface area contributed by atoms with E-state index in [-0.39, 0.29) is 0 Å². The van der Waals surface area contributed by atoms with Gasteiger partial charge in [-0.15, -0.1) is 0 Å². The van der Waals surface area contributed by atoms with Crippen LogP contribution in [0.3, 0.4) is 0 Å². The molecule has 86 valence electrons. The lowest BCUT2D eigenvalue weighted by Gasteiger charge is -2.28. The van der Waals surface area contributed by atoms with Gasteiger partial charge in [0.25, 0.3) is 0 Å². The van der Waals surface area contributed by atoms with Crippen molar-refractivity contribution in [2.75, 3.05) is 19.8 Å². The quantitative estimate of drug-likeness (QED) is 0.784. The van der Waals surface area contributed by atoms with Gasteiger partial charge in [0.1, 0.15) is 13.2 Å². The summed E-state index contributed by atoms with van der Waals surface area (Å²) in [5, 5.41) is 3.45. The molecule has 2 heterocycles. The van der Waals surface area contributed by atoms with Crippen molar-refractivity contribution >= 4 is 0 Å². The third kappa shape index (κ3) is 1.55. The minimum absolute atomic E-state index is 0.611. The van der Waals surface area contributed by atoms with Crippen LogP contribution in [0.4, 0.5) is 0 Å². The molecular formula is C13H17NO2. The molecule has 3 heteroatoms. The number of hydrogen-bond acceptors (Lipinski definition) is 3. The molecular weight excluding hydrogens is 202 g/mol. The van der Waals surface area contributed by atoms with Crippen molar-refractivity contribution in [2.45, 2.75) is 25.8 Å². The van der Waals surface area contributed by atoms with Crippen molar-refractivity contribution < 1.29 is 9.47 Å². The molecule has 3 nitrogen and oxygen atoms in total. The fourth-order valence-corrected chi connectivity index (χ4v) is 2.54. The zero-order valence-corrected chi connectivity index (χ0v) is 9.58. The molecule has 0 aliphatic carbocycles. The van der Waals surface area contributed by atoms with Gasteiger partial charge in [-0.3, -0.25) is 0 Å². The maximum Gasteiger partial charge on any atom is 0.161 e. The predicted molar refractivity (Wildman–Crippen MR) is 62.2 cm³/mol. The Balaban J connectivity index is 2.05. The normalized spacial score (nSPS) is 22.7. The Kier molecular flexibility index (Phi) is 2.48. The Morgan fingerprint density at radius 1 is 1.25 bits per heavy atom. The van der Waals surface area contributed by atoms with Gasteiger partial charge in [0, 0.05) is 13.1 Å². The van der Waals surface area contributed by atoms with Crippen molar-refractivity contribution in [1.29, 1.82) is 0 Å². The smallest absolute Gasteiger partial charge is 0.161 e.